The second-order valence-corrected chi connectivity index (χ2v) is 4.42. The quantitative estimate of drug-likeness (QED) is 0.881. The van der Waals surface area contributed by atoms with Crippen molar-refractivity contribution in [2.75, 3.05) is 13.1 Å². The Morgan fingerprint density at radius 2 is 2.33 bits per heavy atom. The molecule has 3 heterocycles. The maximum atomic E-state index is 13.0. The van der Waals surface area contributed by atoms with Crippen LogP contribution in [0, 0.1) is 0 Å². The smallest absolute Gasteiger partial charge is 0.280 e. The average Bonchev–Trinajstić information content (AvgIpc) is 2.86. The molecule has 5 nitrogen and oxygen atoms in total. The summed E-state index contributed by atoms with van der Waals surface area (Å²) in [7, 11) is 0. The van der Waals surface area contributed by atoms with Gasteiger partial charge in [0.25, 0.3) is 12.2 Å². The standard InChI is InChI=1S/C11H13F2N5/c12-10(13)9-4-8(7-2-1-3-14-5-7)17-11-15-6-16-18(9)11/h4,6-7,10,14H,1-3,5H2/t7-/m1/s1. The summed E-state index contributed by atoms with van der Waals surface area (Å²) in [4.78, 5) is 8.22. The minimum absolute atomic E-state index is 0.141. The summed E-state index contributed by atoms with van der Waals surface area (Å²) in [5.41, 5.74) is 0.538. The maximum Gasteiger partial charge on any atom is 0.280 e. The third-order valence-electron chi connectivity index (χ3n) is 3.24. The molecule has 96 valence electrons. The number of nitrogens with one attached hydrogen (secondary N) is 1. The lowest BCUT2D eigenvalue weighted by Gasteiger charge is -2.22. The predicted molar refractivity (Wildman–Crippen MR) is 60.6 cm³/mol. The summed E-state index contributed by atoms with van der Waals surface area (Å²) in [6.45, 7) is 1.76. The molecule has 0 aliphatic carbocycles. The molecule has 1 atom stereocenters. The summed E-state index contributed by atoms with van der Waals surface area (Å²) in [6.07, 6.45) is 0.672. The lowest BCUT2D eigenvalue weighted by atomic mass is 9.95. The van der Waals surface area contributed by atoms with Crippen molar-refractivity contribution in [3.05, 3.63) is 23.8 Å². The zero-order valence-corrected chi connectivity index (χ0v) is 9.68. The molecule has 1 N–H and O–H groups in total. The van der Waals surface area contributed by atoms with Crippen molar-refractivity contribution < 1.29 is 8.78 Å². The van der Waals surface area contributed by atoms with Gasteiger partial charge in [-0.3, -0.25) is 0 Å². The monoisotopic (exact) mass is 253 g/mol. The van der Waals surface area contributed by atoms with Gasteiger partial charge in [0.2, 0.25) is 0 Å². The Kier molecular flexibility index (Phi) is 2.91. The summed E-state index contributed by atoms with van der Waals surface area (Å²) >= 11 is 0. The number of nitrogens with zero attached hydrogens (tertiary/aromatic N) is 4. The second-order valence-electron chi connectivity index (χ2n) is 4.42. The van der Waals surface area contributed by atoms with Crippen molar-refractivity contribution in [3.63, 3.8) is 0 Å². The number of aromatic nitrogens is 4. The van der Waals surface area contributed by atoms with E-state index >= 15 is 0 Å². The fourth-order valence-corrected chi connectivity index (χ4v) is 2.32. The molecule has 1 saturated heterocycles. The first-order valence-corrected chi connectivity index (χ1v) is 5.95. The molecular formula is C11H13F2N5. The van der Waals surface area contributed by atoms with Crippen molar-refractivity contribution in [1.82, 2.24) is 24.9 Å². The molecule has 0 unspecified atom stereocenters. The largest absolute Gasteiger partial charge is 0.316 e. The van der Waals surface area contributed by atoms with E-state index in [0.717, 1.165) is 30.4 Å². The Morgan fingerprint density at radius 1 is 1.44 bits per heavy atom. The molecule has 0 bridgehead atoms. The first-order valence-electron chi connectivity index (χ1n) is 5.95. The lowest BCUT2D eigenvalue weighted by Crippen LogP contribution is -2.29. The highest BCUT2D eigenvalue weighted by Gasteiger charge is 2.21. The Hall–Kier alpha value is -1.63. The van der Waals surface area contributed by atoms with Gasteiger partial charge >= 0.3 is 0 Å². The van der Waals surface area contributed by atoms with Crippen LogP contribution in [-0.2, 0) is 0 Å². The van der Waals surface area contributed by atoms with Crippen LogP contribution in [0.5, 0.6) is 0 Å². The van der Waals surface area contributed by atoms with Gasteiger partial charge in [0.1, 0.15) is 12.0 Å². The zero-order valence-electron chi connectivity index (χ0n) is 9.68. The van der Waals surface area contributed by atoms with Crippen LogP contribution in [0.2, 0.25) is 0 Å². The molecule has 18 heavy (non-hydrogen) atoms. The topological polar surface area (TPSA) is 55.1 Å². The van der Waals surface area contributed by atoms with Gasteiger partial charge in [-0.15, -0.1) is 0 Å². The molecule has 0 amide bonds. The van der Waals surface area contributed by atoms with Crippen molar-refractivity contribution in [2.45, 2.75) is 25.2 Å². The number of alkyl halides is 2. The number of piperidine rings is 1. The van der Waals surface area contributed by atoms with Crippen LogP contribution in [0.25, 0.3) is 5.78 Å². The molecule has 0 saturated carbocycles. The summed E-state index contributed by atoms with van der Waals surface area (Å²) < 4.78 is 27.1. The molecule has 2 aromatic rings. The van der Waals surface area contributed by atoms with E-state index in [2.05, 4.69) is 20.4 Å². The van der Waals surface area contributed by atoms with Gasteiger partial charge in [0, 0.05) is 12.5 Å². The molecule has 0 spiro atoms. The highest BCUT2D eigenvalue weighted by Crippen LogP contribution is 2.26. The first kappa shape index (κ1) is 11.5. The fourth-order valence-electron chi connectivity index (χ4n) is 2.32. The first-order chi connectivity index (χ1) is 8.75. The van der Waals surface area contributed by atoms with E-state index < -0.39 is 6.43 Å². The number of hydrogen-bond donors (Lipinski definition) is 1. The summed E-state index contributed by atoms with van der Waals surface area (Å²) in [6, 6.07) is 1.45. The van der Waals surface area contributed by atoms with Gasteiger partial charge in [-0.1, -0.05) is 0 Å². The Bertz CT molecular complexity index is 547. The average molecular weight is 253 g/mol. The summed E-state index contributed by atoms with van der Waals surface area (Å²) in [5, 5.41) is 7.03. The minimum atomic E-state index is -2.58. The van der Waals surface area contributed by atoms with E-state index in [4.69, 9.17) is 0 Å². The highest BCUT2D eigenvalue weighted by molar-refractivity contribution is 5.32. The van der Waals surface area contributed by atoms with Crippen LogP contribution >= 0.6 is 0 Å². The van der Waals surface area contributed by atoms with E-state index in [9.17, 15) is 8.78 Å². The van der Waals surface area contributed by atoms with Crippen molar-refractivity contribution in [3.8, 4) is 0 Å². The summed E-state index contributed by atoms with van der Waals surface area (Å²) in [5.74, 6) is 0.423. The van der Waals surface area contributed by atoms with E-state index in [1.165, 1.54) is 12.4 Å². The van der Waals surface area contributed by atoms with Crippen LogP contribution in [0.4, 0.5) is 8.78 Å². The molecule has 0 radical (unpaired) electrons. The maximum absolute atomic E-state index is 13.0. The van der Waals surface area contributed by atoms with Crippen LogP contribution in [0.1, 0.15) is 36.6 Å². The van der Waals surface area contributed by atoms with Gasteiger partial charge in [0.05, 0.1) is 5.69 Å². The van der Waals surface area contributed by atoms with Crippen LogP contribution in [0.3, 0.4) is 0 Å². The van der Waals surface area contributed by atoms with Crippen molar-refractivity contribution >= 4 is 5.78 Å². The number of halogens is 2. The van der Waals surface area contributed by atoms with Gasteiger partial charge in [-0.2, -0.15) is 14.6 Å². The van der Waals surface area contributed by atoms with Gasteiger partial charge < -0.3 is 5.32 Å². The third kappa shape index (κ3) is 1.94. The Balaban J connectivity index is 2.06. The molecule has 3 rings (SSSR count). The Morgan fingerprint density at radius 3 is 3.06 bits per heavy atom. The zero-order chi connectivity index (χ0) is 12.5. The molecule has 1 aliphatic rings. The van der Waals surface area contributed by atoms with Crippen LogP contribution < -0.4 is 5.32 Å². The molecule has 7 heteroatoms. The van der Waals surface area contributed by atoms with Gasteiger partial charge in [0.15, 0.2) is 0 Å². The normalized spacial score (nSPS) is 20.7. The van der Waals surface area contributed by atoms with E-state index in [1.807, 2.05) is 0 Å². The molecule has 0 aromatic carbocycles. The van der Waals surface area contributed by atoms with E-state index in [-0.39, 0.29) is 17.4 Å². The van der Waals surface area contributed by atoms with Crippen LogP contribution in [0.15, 0.2) is 12.4 Å². The molecule has 1 aliphatic heterocycles. The molecular weight excluding hydrogens is 240 g/mol. The SMILES string of the molecule is FC(F)c1cc([C@@H]2CCCNC2)nc2ncnn12. The highest BCUT2D eigenvalue weighted by atomic mass is 19.3. The third-order valence-corrected chi connectivity index (χ3v) is 3.24. The van der Waals surface area contributed by atoms with Crippen LogP contribution in [-0.4, -0.2) is 32.7 Å². The van der Waals surface area contributed by atoms with Crippen molar-refractivity contribution in [1.29, 1.82) is 0 Å². The number of fused-ring (bicyclic) bond motifs is 1. The molecule has 2 aromatic heterocycles. The van der Waals surface area contributed by atoms with E-state index in [0.29, 0.717) is 5.69 Å². The lowest BCUT2D eigenvalue weighted by molar-refractivity contribution is 0.142. The van der Waals surface area contributed by atoms with E-state index in [1.54, 1.807) is 0 Å². The number of rotatable bonds is 2. The van der Waals surface area contributed by atoms with Gasteiger partial charge in [-0.25, -0.2) is 13.8 Å². The fraction of sp³-hybridized carbons (Fsp3) is 0.545. The second kappa shape index (κ2) is 4.56. The minimum Gasteiger partial charge on any atom is -0.316 e. The number of hydrogen-bond acceptors (Lipinski definition) is 4. The van der Waals surface area contributed by atoms with Gasteiger partial charge in [-0.05, 0) is 25.5 Å². The molecule has 1 fully saturated rings. The Labute approximate surface area is 102 Å². The van der Waals surface area contributed by atoms with Crippen molar-refractivity contribution in [2.24, 2.45) is 0 Å². The predicted octanol–water partition coefficient (Wildman–Crippen LogP) is 1.53.